The lowest BCUT2D eigenvalue weighted by atomic mass is 10.1. The summed E-state index contributed by atoms with van der Waals surface area (Å²) in [6, 6.07) is 7.10. The number of piperidine rings is 1. The molecule has 7 nitrogen and oxygen atoms in total. The van der Waals surface area contributed by atoms with E-state index in [4.69, 9.17) is 18.9 Å². The number of amides is 1. The third-order valence-corrected chi connectivity index (χ3v) is 4.58. The first-order valence-electron chi connectivity index (χ1n) is 8.82. The second-order valence-corrected chi connectivity index (χ2v) is 6.21. The summed E-state index contributed by atoms with van der Waals surface area (Å²) in [6.45, 7) is 1.25. The average molecular weight is 372 g/mol. The maximum absolute atomic E-state index is 12.9. The number of likely N-dealkylation sites (tertiary alicyclic amines) is 1. The lowest BCUT2D eigenvalue weighted by molar-refractivity contribution is 0.0594. The van der Waals surface area contributed by atoms with Crippen molar-refractivity contribution < 1.29 is 23.7 Å². The van der Waals surface area contributed by atoms with E-state index < -0.39 is 0 Å². The van der Waals surface area contributed by atoms with Gasteiger partial charge in [0.2, 0.25) is 5.75 Å². The molecule has 1 amide bonds. The van der Waals surface area contributed by atoms with Crippen molar-refractivity contribution in [3.8, 4) is 23.0 Å². The Labute approximate surface area is 158 Å². The Morgan fingerprint density at radius 3 is 2.26 bits per heavy atom. The van der Waals surface area contributed by atoms with E-state index in [1.807, 2.05) is 17.0 Å². The van der Waals surface area contributed by atoms with E-state index in [2.05, 4.69) is 4.98 Å². The molecule has 2 aromatic rings. The van der Waals surface area contributed by atoms with Crippen LogP contribution in [0, 0.1) is 0 Å². The Balaban J connectivity index is 1.67. The van der Waals surface area contributed by atoms with Gasteiger partial charge in [0.1, 0.15) is 11.9 Å². The third kappa shape index (κ3) is 4.24. The van der Waals surface area contributed by atoms with E-state index in [9.17, 15) is 4.79 Å². The van der Waals surface area contributed by atoms with Crippen molar-refractivity contribution in [3.05, 3.63) is 42.2 Å². The highest BCUT2D eigenvalue weighted by molar-refractivity contribution is 5.95. The molecule has 0 radical (unpaired) electrons. The highest BCUT2D eigenvalue weighted by Crippen LogP contribution is 2.38. The van der Waals surface area contributed by atoms with Gasteiger partial charge < -0.3 is 23.8 Å². The standard InChI is InChI=1S/C20H24N2O5/c1-24-17-11-14(12-18(25-2)19(17)26-3)20(23)22-9-6-15(7-10-22)27-16-5-4-8-21-13-16/h4-5,8,11-13,15H,6-7,9-10H2,1-3H3. The zero-order chi connectivity index (χ0) is 19.2. The fourth-order valence-corrected chi connectivity index (χ4v) is 3.17. The third-order valence-electron chi connectivity index (χ3n) is 4.58. The van der Waals surface area contributed by atoms with Gasteiger partial charge in [0, 0.05) is 37.7 Å². The van der Waals surface area contributed by atoms with Gasteiger partial charge in [0.25, 0.3) is 5.91 Å². The number of benzene rings is 1. The Hall–Kier alpha value is -2.96. The average Bonchev–Trinajstić information content (AvgIpc) is 2.73. The summed E-state index contributed by atoms with van der Waals surface area (Å²) in [5.74, 6) is 2.10. The van der Waals surface area contributed by atoms with E-state index in [-0.39, 0.29) is 12.0 Å². The summed E-state index contributed by atoms with van der Waals surface area (Å²) in [4.78, 5) is 18.8. The molecule has 1 aliphatic heterocycles. The zero-order valence-corrected chi connectivity index (χ0v) is 15.8. The first-order chi connectivity index (χ1) is 13.2. The highest BCUT2D eigenvalue weighted by atomic mass is 16.5. The van der Waals surface area contributed by atoms with Crippen LogP contribution in [0.25, 0.3) is 0 Å². The van der Waals surface area contributed by atoms with E-state index in [0.717, 1.165) is 18.6 Å². The van der Waals surface area contributed by atoms with Crippen LogP contribution in [0.1, 0.15) is 23.2 Å². The highest BCUT2D eigenvalue weighted by Gasteiger charge is 2.26. The molecule has 1 aliphatic rings. The largest absolute Gasteiger partial charge is 0.493 e. The number of carbonyl (C=O) groups excluding carboxylic acids is 1. The smallest absolute Gasteiger partial charge is 0.254 e. The quantitative estimate of drug-likeness (QED) is 0.777. The summed E-state index contributed by atoms with van der Waals surface area (Å²) in [5, 5.41) is 0. The van der Waals surface area contributed by atoms with Crippen LogP contribution in [0.3, 0.4) is 0 Å². The number of rotatable bonds is 6. The summed E-state index contributed by atoms with van der Waals surface area (Å²) in [5.41, 5.74) is 0.510. The Morgan fingerprint density at radius 1 is 1.07 bits per heavy atom. The van der Waals surface area contributed by atoms with Gasteiger partial charge in [0.05, 0.1) is 27.5 Å². The summed E-state index contributed by atoms with van der Waals surface area (Å²) >= 11 is 0. The van der Waals surface area contributed by atoms with Crippen molar-refractivity contribution in [2.75, 3.05) is 34.4 Å². The molecule has 0 atom stereocenters. The van der Waals surface area contributed by atoms with E-state index in [0.29, 0.717) is 35.9 Å². The number of hydrogen-bond acceptors (Lipinski definition) is 6. The lowest BCUT2D eigenvalue weighted by Gasteiger charge is -2.32. The van der Waals surface area contributed by atoms with Gasteiger partial charge in [0.15, 0.2) is 11.5 Å². The van der Waals surface area contributed by atoms with E-state index in [1.54, 1.807) is 24.5 Å². The van der Waals surface area contributed by atoms with Crippen LogP contribution in [0.5, 0.6) is 23.0 Å². The maximum Gasteiger partial charge on any atom is 0.254 e. The first kappa shape index (κ1) is 18.8. The minimum Gasteiger partial charge on any atom is -0.493 e. The molecule has 7 heteroatoms. The Bertz CT molecular complexity index is 748. The van der Waals surface area contributed by atoms with Crippen molar-refractivity contribution in [2.45, 2.75) is 18.9 Å². The number of aromatic nitrogens is 1. The molecule has 1 aromatic carbocycles. The SMILES string of the molecule is COc1cc(C(=O)N2CCC(Oc3cccnc3)CC2)cc(OC)c1OC. The first-order valence-corrected chi connectivity index (χ1v) is 8.82. The Morgan fingerprint density at radius 2 is 1.74 bits per heavy atom. The van der Waals surface area contributed by atoms with Crippen molar-refractivity contribution in [3.63, 3.8) is 0 Å². The molecule has 0 unspecified atom stereocenters. The number of carbonyl (C=O) groups is 1. The summed E-state index contributed by atoms with van der Waals surface area (Å²) in [7, 11) is 4.61. The van der Waals surface area contributed by atoms with Crippen LogP contribution < -0.4 is 18.9 Å². The second-order valence-electron chi connectivity index (χ2n) is 6.21. The summed E-state index contributed by atoms with van der Waals surface area (Å²) in [6.07, 6.45) is 5.04. The molecule has 0 bridgehead atoms. The van der Waals surface area contributed by atoms with Gasteiger partial charge in [-0.1, -0.05) is 0 Å². The van der Waals surface area contributed by atoms with Gasteiger partial charge in [-0.3, -0.25) is 9.78 Å². The fourth-order valence-electron chi connectivity index (χ4n) is 3.17. The van der Waals surface area contributed by atoms with E-state index >= 15 is 0 Å². The van der Waals surface area contributed by atoms with Gasteiger partial charge in [-0.15, -0.1) is 0 Å². The molecule has 0 spiro atoms. The maximum atomic E-state index is 12.9. The molecular formula is C20H24N2O5. The topological polar surface area (TPSA) is 70.1 Å². The van der Waals surface area contributed by atoms with Gasteiger partial charge in [-0.25, -0.2) is 0 Å². The van der Waals surface area contributed by atoms with Crippen LogP contribution in [0.15, 0.2) is 36.7 Å². The summed E-state index contributed by atoms with van der Waals surface area (Å²) < 4.78 is 21.9. The number of nitrogens with zero attached hydrogens (tertiary/aromatic N) is 2. The molecule has 0 aliphatic carbocycles. The lowest BCUT2D eigenvalue weighted by Crippen LogP contribution is -2.41. The molecule has 144 valence electrons. The molecule has 3 rings (SSSR count). The molecule has 0 N–H and O–H groups in total. The molecule has 1 saturated heterocycles. The second kappa shape index (κ2) is 8.62. The molecule has 2 heterocycles. The molecule has 27 heavy (non-hydrogen) atoms. The van der Waals surface area contributed by atoms with Crippen LogP contribution in [0.4, 0.5) is 0 Å². The molecule has 1 aromatic heterocycles. The molecule has 1 fully saturated rings. The molecule has 0 saturated carbocycles. The monoisotopic (exact) mass is 372 g/mol. The predicted molar refractivity (Wildman–Crippen MR) is 99.9 cm³/mol. The van der Waals surface area contributed by atoms with Crippen LogP contribution >= 0.6 is 0 Å². The fraction of sp³-hybridized carbons (Fsp3) is 0.400. The predicted octanol–water partition coefficient (Wildman–Crippen LogP) is 2.79. The number of hydrogen-bond donors (Lipinski definition) is 0. The van der Waals surface area contributed by atoms with Crippen molar-refractivity contribution in [2.24, 2.45) is 0 Å². The minimum atomic E-state index is -0.0610. The van der Waals surface area contributed by atoms with Crippen molar-refractivity contribution >= 4 is 5.91 Å². The van der Waals surface area contributed by atoms with Gasteiger partial charge in [-0.2, -0.15) is 0 Å². The molecular weight excluding hydrogens is 348 g/mol. The van der Waals surface area contributed by atoms with Crippen LogP contribution in [-0.4, -0.2) is 56.3 Å². The van der Waals surface area contributed by atoms with Crippen LogP contribution in [-0.2, 0) is 0 Å². The van der Waals surface area contributed by atoms with Gasteiger partial charge >= 0.3 is 0 Å². The van der Waals surface area contributed by atoms with Crippen molar-refractivity contribution in [1.29, 1.82) is 0 Å². The number of ether oxygens (including phenoxy) is 4. The van der Waals surface area contributed by atoms with Gasteiger partial charge in [-0.05, 0) is 24.3 Å². The van der Waals surface area contributed by atoms with Crippen molar-refractivity contribution in [1.82, 2.24) is 9.88 Å². The zero-order valence-electron chi connectivity index (χ0n) is 15.8. The van der Waals surface area contributed by atoms with E-state index in [1.165, 1.54) is 21.3 Å². The minimum absolute atomic E-state index is 0.0610. The normalized spacial score (nSPS) is 14.6. The Kier molecular flexibility index (Phi) is 6.01. The number of methoxy groups -OCH3 is 3. The number of pyridine rings is 1. The van der Waals surface area contributed by atoms with Crippen LogP contribution in [0.2, 0.25) is 0 Å².